The first kappa shape index (κ1) is 17.0. The van der Waals surface area contributed by atoms with Crippen molar-refractivity contribution >= 4 is 15.9 Å². The summed E-state index contributed by atoms with van der Waals surface area (Å²) in [4.78, 5) is 22.4. The lowest BCUT2D eigenvalue weighted by Gasteiger charge is -2.07. The maximum atomic E-state index is 12.2. The molecule has 0 bridgehead atoms. The Morgan fingerprint density at radius 2 is 1.61 bits per heavy atom. The number of hydrogen-bond acceptors (Lipinski definition) is 6. The van der Waals surface area contributed by atoms with E-state index in [2.05, 4.69) is 5.18 Å². The summed E-state index contributed by atoms with van der Waals surface area (Å²) in [6.07, 6.45) is 0. The second kappa shape index (κ2) is 7.26. The van der Waals surface area contributed by atoms with Crippen LogP contribution in [0.1, 0.15) is 22.8 Å². The fourth-order valence-corrected chi connectivity index (χ4v) is 2.80. The lowest BCUT2D eigenvalue weighted by Crippen LogP contribution is -2.14. The van der Waals surface area contributed by atoms with Gasteiger partial charge in [-0.1, -0.05) is 35.5 Å². The monoisotopic (exact) mass is 333 g/mol. The molecule has 2 aromatic rings. The smallest absolute Gasteiger partial charge is 0.289 e. The van der Waals surface area contributed by atoms with Crippen LogP contribution in [0, 0.1) is 4.91 Å². The van der Waals surface area contributed by atoms with Crippen molar-refractivity contribution in [1.82, 2.24) is 0 Å². The molecule has 0 spiro atoms. The number of ketones is 1. The topological polar surface area (TPSA) is 89.9 Å². The molecule has 120 valence electrons. The molecule has 0 aliphatic heterocycles. The van der Waals surface area contributed by atoms with E-state index in [-0.39, 0.29) is 17.3 Å². The summed E-state index contributed by atoms with van der Waals surface area (Å²) in [5.41, 5.74) is 0.892. The van der Waals surface area contributed by atoms with Crippen LogP contribution in [0.4, 0.5) is 0 Å². The molecule has 0 saturated heterocycles. The van der Waals surface area contributed by atoms with E-state index in [0.717, 1.165) is 0 Å². The van der Waals surface area contributed by atoms with Crippen LogP contribution < -0.4 is 0 Å². The van der Waals surface area contributed by atoms with Gasteiger partial charge < -0.3 is 0 Å². The van der Waals surface area contributed by atoms with Crippen molar-refractivity contribution in [2.24, 2.45) is 5.18 Å². The number of nitroso groups, excluding NO2 is 1. The largest absolute Gasteiger partial charge is 0.297 e. The Morgan fingerprint density at radius 1 is 1.04 bits per heavy atom. The lowest BCUT2D eigenvalue weighted by atomic mass is 10.0. The number of benzene rings is 2. The molecule has 0 N–H and O–H groups in total. The quantitative estimate of drug-likeness (QED) is 0.441. The fraction of sp³-hybridized carbons (Fsp3) is 0.188. The molecule has 0 aromatic heterocycles. The summed E-state index contributed by atoms with van der Waals surface area (Å²) in [6, 6.07) is 13.4. The molecule has 0 heterocycles. The Morgan fingerprint density at radius 3 is 2.17 bits per heavy atom. The van der Waals surface area contributed by atoms with E-state index in [1.54, 1.807) is 30.3 Å². The molecule has 1 unspecified atom stereocenters. The van der Waals surface area contributed by atoms with E-state index >= 15 is 0 Å². The predicted octanol–water partition coefficient (Wildman–Crippen LogP) is 2.78. The van der Waals surface area contributed by atoms with Crippen molar-refractivity contribution in [2.75, 3.05) is 6.61 Å². The molecule has 2 rings (SSSR count). The fourth-order valence-electron chi connectivity index (χ4n) is 1.82. The van der Waals surface area contributed by atoms with E-state index in [0.29, 0.717) is 11.1 Å². The first-order chi connectivity index (χ1) is 10.9. The van der Waals surface area contributed by atoms with Gasteiger partial charge in [-0.3, -0.25) is 8.98 Å². The molecule has 23 heavy (non-hydrogen) atoms. The minimum absolute atomic E-state index is 0.0831. The minimum atomic E-state index is -3.98. The van der Waals surface area contributed by atoms with Crippen LogP contribution in [0.5, 0.6) is 0 Å². The highest BCUT2D eigenvalue weighted by molar-refractivity contribution is 7.86. The van der Waals surface area contributed by atoms with Gasteiger partial charge in [-0.05, 0) is 31.2 Å². The highest BCUT2D eigenvalue weighted by atomic mass is 32.2. The van der Waals surface area contributed by atoms with E-state index in [9.17, 15) is 18.1 Å². The van der Waals surface area contributed by atoms with Gasteiger partial charge in [-0.15, -0.1) is 0 Å². The molecule has 0 amide bonds. The third-order valence-corrected chi connectivity index (χ3v) is 4.38. The molecule has 0 radical (unpaired) electrons. The van der Waals surface area contributed by atoms with Gasteiger partial charge in [0.1, 0.15) is 6.04 Å². The van der Waals surface area contributed by atoms with Crippen LogP contribution in [0.3, 0.4) is 0 Å². The van der Waals surface area contributed by atoms with Gasteiger partial charge in [0, 0.05) is 11.1 Å². The Bertz CT molecular complexity index is 785. The maximum absolute atomic E-state index is 12.2. The van der Waals surface area contributed by atoms with Crippen molar-refractivity contribution in [1.29, 1.82) is 0 Å². The Balaban J connectivity index is 2.16. The molecular formula is C16H15NO5S. The van der Waals surface area contributed by atoms with Crippen LogP contribution in [0.15, 0.2) is 64.7 Å². The zero-order valence-electron chi connectivity index (χ0n) is 12.4. The Kier molecular flexibility index (Phi) is 5.36. The summed E-state index contributed by atoms with van der Waals surface area (Å²) >= 11 is 0. The van der Waals surface area contributed by atoms with Crippen molar-refractivity contribution in [3.63, 3.8) is 0 Å². The lowest BCUT2D eigenvalue weighted by molar-refractivity contribution is 0.103. The van der Waals surface area contributed by atoms with Crippen molar-refractivity contribution < 1.29 is 17.4 Å². The Labute approximate surface area is 134 Å². The van der Waals surface area contributed by atoms with E-state index in [1.165, 1.54) is 31.2 Å². The highest BCUT2D eigenvalue weighted by Gasteiger charge is 2.18. The van der Waals surface area contributed by atoms with Crippen molar-refractivity contribution in [3.8, 4) is 0 Å². The molecule has 0 aliphatic carbocycles. The summed E-state index contributed by atoms with van der Waals surface area (Å²) in [5, 5.41) is 2.67. The van der Waals surface area contributed by atoms with Gasteiger partial charge >= 0.3 is 0 Å². The van der Waals surface area contributed by atoms with Crippen LogP contribution in [-0.2, 0) is 14.3 Å². The summed E-state index contributed by atoms with van der Waals surface area (Å²) in [7, 11) is -3.98. The summed E-state index contributed by atoms with van der Waals surface area (Å²) in [5.74, 6) is -0.200. The van der Waals surface area contributed by atoms with Crippen LogP contribution in [0.25, 0.3) is 0 Å². The third kappa shape index (κ3) is 4.30. The highest BCUT2D eigenvalue weighted by Crippen LogP contribution is 2.16. The molecule has 0 fully saturated rings. The van der Waals surface area contributed by atoms with Crippen molar-refractivity contribution in [2.45, 2.75) is 17.9 Å². The third-order valence-electron chi connectivity index (χ3n) is 3.09. The van der Waals surface area contributed by atoms with Crippen LogP contribution in [0.2, 0.25) is 0 Å². The molecule has 7 heteroatoms. The van der Waals surface area contributed by atoms with E-state index < -0.39 is 16.2 Å². The molecular weight excluding hydrogens is 318 g/mol. The first-order valence-corrected chi connectivity index (χ1v) is 8.26. The summed E-state index contributed by atoms with van der Waals surface area (Å²) in [6.45, 7) is 1.13. The van der Waals surface area contributed by atoms with Crippen LogP contribution in [-0.4, -0.2) is 26.8 Å². The van der Waals surface area contributed by atoms with Gasteiger partial charge in [0.2, 0.25) is 0 Å². The van der Waals surface area contributed by atoms with Crippen molar-refractivity contribution in [3.05, 3.63) is 70.6 Å². The number of carbonyl (C=O) groups is 1. The molecule has 0 saturated carbocycles. The van der Waals surface area contributed by atoms with Gasteiger partial charge in [0.25, 0.3) is 10.1 Å². The predicted molar refractivity (Wildman–Crippen MR) is 84.7 cm³/mol. The zero-order valence-corrected chi connectivity index (χ0v) is 13.2. The minimum Gasteiger partial charge on any atom is -0.289 e. The SMILES string of the molecule is CC(COS(=O)(=O)c1ccc(C(=O)c2ccccc2)cc1)N=O. The second-order valence-corrected chi connectivity index (χ2v) is 6.53. The molecule has 0 aliphatic rings. The summed E-state index contributed by atoms with van der Waals surface area (Å²) < 4.78 is 28.7. The number of nitrogens with zero attached hydrogens (tertiary/aromatic N) is 1. The average molecular weight is 333 g/mol. The standard InChI is InChI=1S/C16H15NO5S/c1-12(17-19)11-22-23(20,21)15-9-7-14(8-10-15)16(18)13-5-3-2-4-6-13/h2-10,12H,11H2,1H3. The first-order valence-electron chi connectivity index (χ1n) is 6.86. The molecule has 2 aromatic carbocycles. The average Bonchev–Trinajstić information content (AvgIpc) is 2.60. The number of rotatable bonds is 7. The second-order valence-electron chi connectivity index (χ2n) is 4.91. The maximum Gasteiger partial charge on any atom is 0.297 e. The molecule has 6 nitrogen and oxygen atoms in total. The number of carbonyl (C=O) groups excluding carboxylic acids is 1. The zero-order chi connectivity index (χ0) is 16.9. The van der Waals surface area contributed by atoms with Gasteiger partial charge in [-0.2, -0.15) is 13.3 Å². The normalized spacial score (nSPS) is 12.6. The van der Waals surface area contributed by atoms with Gasteiger partial charge in [-0.25, -0.2) is 0 Å². The van der Waals surface area contributed by atoms with E-state index in [4.69, 9.17) is 4.18 Å². The van der Waals surface area contributed by atoms with Gasteiger partial charge in [0.15, 0.2) is 5.78 Å². The Hall–Kier alpha value is -2.38. The van der Waals surface area contributed by atoms with E-state index in [1.807, 2.05) is 0 Å². The molecule has 1 atom stereocenters. The van der Waals surface area contributed by atoms with Gasteiger partial charge in [0.05, 0.1) is 11.5 Å². The van der Waals surface area contributed by atoms with Crippen LogP contribution >= 0.6 is 0 Å². The number of hydrogen-bond donors (Lipinski definition) is 0.